The van der Waals surface area contributed by atoms with Gasteiger partial charge >= 0.3 is 5.97 Å². The Kier molecular flexibility index (Phi) is 7.78. The molecule has 0 spiro atoms. The van der Waals surface area contributed by atoms with Gasteiger partial charge in [0, 0.05) is 34.5 Å². The van der Waals surface area contributed by atoms with E-state index in [0.29, 0.717) is 23.7 Å². The summed E-state index contributed by atoms with van der Waals surface area (Å²) >= 11 is 0. The zero-order chi connectivity index (χ0) is 28.5. The van der Waals surface area contributed by atoms with Crippen molar-refractivity contribution in [3.63, 3.8) is 0 Å². The summed E-state index contributed by atoms with van der Waals surface area (Å²) in [5, 5.41) is 3.60. The lowest BCUT2D eigenvalue weighted by Gasteiger charge is -2.33. The van der Waals surface area contributed by atoms with E-state index in [0.717, 1.165) is 39.1 Å². The molecule has 0 atom stereocenters. The largest absolute Gasteiger partial charge is 0.496 e. The average molecular weight is 532 g/mol. The van der Waals surface area contributed by atoms with Crippen LogP contribution in [0.5, 0.6) is 17.2 Å². The molecule has 3 aromatic carbocycles. The third kappa shape index (κ3) is 6.62. The maximum atomic E-state index is 14.0. The first-order chi connectivity index (χ1) is 18.3. The lowest BCUT2D eigenvalue weighted by atomic mass is 9.85. The number of esters is 1. The van der Waals surface area contributed by atoms with Crippen LogP contribution in [-0.4, -0.2) is 18.6 Å². The Bertz CT molecular complexity index is 1430. The Labute approximate surface area is 231 Å². The highest BCUT2D eigenvalue weighted by molar-refractivity contribution is 5.88. The van der Waals surface area contributed by atoms with Gasteiger partial charge in [-0.05, 0) is 74.1 Å². The molecule has 0 radical (unpaired) electrons. The van der Waals surface area contributed by atoms with Crippen molar-refractivity contribution in [3.05, 3.63) is 77.1 Å². The number of fused-ring (bicyclic) bond motifs is 1. The van der Waals surface area contributed by atoms with Gasteiger partial charge in [-0.1, -0.05) is 39.0 Å². The number of methoxy groups -OCH3 is 1. The first-order valence-electron chi connectivity index (χ1n) is 13.2. The quantitative estimate of drug-likeness (QED) is 0.245. The minimum absolute atomic E-state index is 0.173. The number of hydrogen-bond acceptors (Lipinski definition) is 5. The fraction of sp³-hybridized carbons (Fsp3) is 0.364. The van der Waals surface area contributed by atoms with Crippen LogP contribution in [0.1, 0.15) is 64.7 Å². The molecular formula is C33H38FNO4. The molecule has 0 unspecified atom stereocenters. The fourth-order valence-corrected chi connectivity index (χ4v) is 5.04. The number of rotatable bonds is 7. The van der Waals surface area contributed by atoms with Crippen LogP contribution >= 0.6 is 0 Å². The molecule has 3 aromatic rings. The maximum absolute atomic E-state index is 14.0. The number of nitrogens with one attached hydrogen (secondary N) is 1. The van der Waals surface area contributed by atoms with Gasteiger partial charge in [0.1, 0.15) is 29.7 Å². The van der Waals surface area contributed by atoms with E-state index in [9.17, 15) is 9.18 Å². The molecule has 1 heterocycles. The van der Waals surface area contributed by atoms with Gasteiger partial charge in [-0.25, -0.2) is 4.39 Å². The molecule has 1 aliphatic rings. The Morgan fingerprint density at radius 3 is 2.38 bits per heavy atom. The zero-order valence-corrected chi connectivity index (χ0v) is 24.1. The summed E-state index contributed by atoms with van der Waals surface area (Å²) in [7, 11) is 1.60. The fourth-order valence-electron chi connectivity index (χ4n) is 5.04. The monoisotopic (exact) mass is 531 g/mol. The molecule has 0 saturated heterocycles. The van der Waals surface area contributed by atoms with Crippen molar-refractivity contribution in [2.24, 2.45) is 5.41 Å². The average Bonchev–Trinajstić information content (AvgIpc) is 2.82. The van der Waals surface area contributed by atoms with Gasteiger partial charge in [-0.2, -0.15) is 0 Å². The molecule has 0 amide bonds. The number of hydrogen-bond donors (Lipinski definition) is 1. The maximum Gasteiger partial charge on any atom is 0.311 e. The highest BCUT2D eigenvalue weighted by Gasteiger charge is 2.27. The van der Waals surface area contributed by atoms with Gasteiger partial charge < -0.3 is 19.5 Å². The van der Waals surface area contributed by atoms with Crippen molar-refractivity contribution in [2.75, 3.05) is 12.4 Å². The van der Waals surface area contributed by atoms with E-state index in [1.54, 1.807) is 25.3 Å². The molecule has 0 bridgehead atoms. The van der Waals surface area contributed by atoms with E-state index in [2.05, 4.69) is 38.2 Å². The third-order valence-electron chi connectivity index (χ3n) is 6.63. The molecule has 6 heteroatoms. The van der Waals surface area contributed by atoms with E-state index < -0.39 is 0 Å². The van der Waals surface area contributed by atoms with E-state index in [4.69, 9.17) is 14.2 Å². The summed E-state index contributed by atoms with van der Waals surface area (Å²) in [4.78, 5) is 12.4. The van der Waals surface area contributed by atoms with E-state index in [1.807, 2.05) is 39.8 Å². The van der Waals surface area contributed by atoms with E-state index >= 15 is 0 Å². The number of halogens is 1. The van der Waals surface area contributed by atoms with Crippen LogP contribution in [0.3, 0.4) is 0 Å². The topological polar surface area (TPSA) is 56.8 Å². The zero-order valence-electron chi connectivity index (χ0n) is 24.1. The molecule has 4 rings (SSSR count). The van der Waals surface area contributed by atoms with Crippen LogP contribution in [0.15, 0.2) is 54.6 Å². The second-order valence-corrected chi connectivity index (χ2v) is 12.0. The van der Waals surface area contributed by atoms with Crippen LogP contribution in [0, 0.1) is 18.2 Å². The molecule has 0 fully saturated rings. The second kappa shape index (κ2) is 10.8. The van der Waals surface area contributed by atoms with Gasteiger partial charge in [-0.3, -0.25) is 4.79 Å². The number of ether oxygens (including phenoxy) is 3. The van der Waals surface area contributed by atoms with Gasteiger partial charge in [0.25, 0.3) is 0 Å². The van der Waals surface area contributed by atoms with Crippen molar-refractivity contribution in [2.45, 2.75) is 67.0 Å². The number of benzene rings is 3. The Hall–Kier alpha value is -3.80. The van der Waals surface area contributed by atoms with Crippen LogP contribution < -0.4 is 19.5 Å². The number of aryl methyl sites for hydroxylation is 1. The summed E-state index contributed by atoms with van der Waals surface area (Å²) in [6.45, 7) is 14.5. The molecule has 0 aliphatic carbocycles. The first-order valence-corrected chi connectivity index (χ1v) is 13.2. The number of anilines is 1. The van der Waals surface area contributed by atoms with Crippen LogP contribution in [0.4, 0.5) is 10.1 Å². The SMILES string of the molecule is COc1cc(OC(=O)CC(C)(C)C)ccc1-c1ccc2c(c1COc1cc(F)ccc1C)C(C)=CC(C)(C)N2. The molecule has 39 heavy (non-hydrogen) atoms. The minimum Gasteiger partial charge on any atom is -0.496 e. The van der Waals surface area contributed by atoms with E-state index in [1.165, 1.54) is 12.1 Å². The predicted molar refractivity (Wildman–Crippen MR) is 155 cm³/mol. The number of allylic oxidation sites excluding steroid dienone is 1. The molecule has 1 aliphatic heterocycles. The highest BCUT2D eigenvalue weighted by atomic mass is 19.1. The van der Waals surface area contributed by atoms with Gasteiger partial charge in [-0.15, -0.1) is 0 Å². The minimum atomic E-state index is -0.344. The standard InChI is InChI=1S/C33H38FNO4/c1-20-9-10-22(34)15-28(20)38-19-26-24(13-14-27-31(26)21(2)17-33(6,7)35-27)25-12-11-23(16-29(25)37-8)39-30(36)18-32(3,4)5/h9-17,35H,18-19H2,1-8H3. The van der Waals surface area contributed by atoms with Crippen molar-refractivity contribution in [3.8, 4) is 28.4 Å². The lowest BCUT2D eigenvalue weighted by Crippen LogP contribution is -2.32. The molecule has 0 saturated carbocycles. The van der Waals surface area contributed by atoms with Crippen molar-refractivity contribution in [1.29, 1.82) is 0 Å². The summed E-state index contributed by atoms with van der Waals surface area (Å²) in [6.07, 6.45) is 2.50. The predicted octanol–water partition coefficient (Wildman–Crippen LogP) is 8.34. The van der Waals surface area contributed by atoms with Crippen LogP contribution in [-0.2, 0) is 11.4 Å². The van der Waals surface area contributed by atoms with E-state index in [-0.39, 0.29) is 29.3 Å². The van der Waals surface area contributed by atoms with Crippen molar-refractivity contribution >= 4 is 17.2 Å². The smallest absolute Gasteiger partial charge is 0.311 e. The normalized spacial score (nSPS) is 14.1. The molecule has 1 N–H and O–H groups in total. The van der Waals surface area contributed by atoms with Crippen molar-refractivity contribution in [1.82, 2.24) is 0 Å². The summed E-state index contributed by atoms with van der Waals surface area (Å²) in [6, 6.07) is 14.1. The Morgan fingerprint density at radius 2 is 1.69 bits per heavy atom. The molecular weight excluding hydrogens is 493 g/mol. The number of carbonyl (C=O) groups is 1. The molecule has 0 aromatic heterocycles. The molecule has 206 valence electrons. The highest BCUT2D eigenvalue weighted by Crippen LogP contribution is 2.43. The summed E-state index contributed by atoms with van der Waals surface area (Å²) < 4.78 is 31.6. The van der Waals surface area contributed by atoms with Crippen molar-refractivity contribution < 1.29 is 23.4 Å². The Morgan fingerprint density at radius 1 is 0.974 bits per heavy atom. The van der Waals surface area contributed by atoms with Gasteiger partial charge in [0.15, 0.2) is 0 Å². The third-order valence-corrected chi connectivity index (χ3v) is 6.63. The first kappa shape index (κ1) is 28.2. The van der Waals surface area contributed by atoms with Crippen LogP contribution in [0.25, 0.3) is 16.7 Å². The summed E-state index contributed by atoms with van der Waals surface area (Å²) in [5.74, 6) is 0.863. The summed E-state index contributed by atoms with van der Waals surface area (Å²) in [5.41, 5.74) is 6.35. The lowest BCUT2D eigenvalue weighted by molar-refractivity contribution is -0.136. The molecule has 5 nitrogen and oxygen atoms in total. The second-order valence-electron chi connectivity index (χ2n) is 12.0. The van der Waals surface area contributed by atoms with Gasteiger partial charge in [0.2, 0.25) is 0 Å². The van der Waals surface area contributed by atoms with Gasteiger partial charge in [0.05, 0.1) is 19.1 Å². The Balaban J connectivity index is 1.78. The van der Waals surface area contributed by atoms with Crippen LogP contribution in [0.2, 0.25) is 0 Å². The number of carbonyl (C=O) groups excluding carboxylic acids is 1.